The van der Waals surface area contributed by atoms with E-state index < -0.39 is 5.82 Å². The molecule has 7 heteroatoms. The summed E-state index contributed by atoms with van der Waals surface area (Å²) in [5.41, 5.74) is 2.39. The lowest BCUT2D eigenvalue weighted by Crippen LogP contribution is -2.40. The second-order valence-corrected chi connectivity index (χ2v) is 7.67. The van der Waals surface area contributed by atoms with Gasteiger partial charge in [0.1, 0.15) is 11.9 Å². The molecule has 146 valence electrons. The zero-order valence-corrected chi connectivity index (χ0v) is 15.9. The highest BCUT2D eigenvalue weighted by Crippen LogP contribution is 2.47. The number of nitrogens with zero attached hydrogens (tertiary/aromatic N) is 4. The van der Waals surface area contributed by atoms with Gasteiger partial charge in [0.05, 0.1) is 12.4 Å². The van der Waals surface area contributed by atoms with Crippen LogP contribution in [0.15, 0.2) is 55.0 Å². The largest absolute Gasteiger partial charge is 0.341 e. The summed E-state index contributed by atoms with van der Waals surface area (Å²) in [4.78, 5) is 27.9. The van der Waals surface area contributed by atoms with Crippen molar-refractivity contribution in [3.05, 3.63) is 66.4 Å². The highest BCUT2D eigenvalue weighted by Gasteiger charge is 2.54. The molecule has 2 bridgehead atoms. The van der Waals surface area contributed by atoms with E-state index in [2.05, 4.69) is 25.2 Å². The minimum atomic E-state index is -0.481. The van der Waals surface area contributed by atoms with Gasteiger partial charge in [-0.1, -0.05) is 12.1 Å². The number of nitrogens with one attached hydrogen (secondary N) is 1. The number of pyridine rings is 1. The lowest BCUT2D eigenvalue weighted by atomic mass is 9.82. The number of benzene rings is 1. The van der Waals surface area contributed by atoms with Crippen LogP contribution in [-0.2, 0) is 4.79 Å². The smallest absolute Gasteiger partial charge is 0.247 e. The quantitative estimate of drug-likeness (QED) is 0.738. The van der Waals surface area contributed by atoms with Gasteiger partial charge < -0.3 is 10.2 Å². The highest BCUT2D eigenvalue weighted by atomic mass is 19.1. The molecule has 1 atom stereocenters. The standard InChI is InChI=1S/C22H20FN5O/c1-13-5-6-16(10-18(13)21-25-11-15(23)12-26-21)27-22(29)20-14-8-17(9-14)28(20)19-4-2-3-7-24-19/h2-7,10-12,14,17,20H,8-9H2,1H3,(H,27,29)/t14?,17?,20-/m1/s1. The number of hydrogen-bond acceptors (Lipinski definition) is 5. The van der Waals surface area contributed by atoms with Crippen LogP contribution in [0.5, 0.6) is 0 Å². The number of rotatable bonds is 4. The van der Waals surface area contributed by atoms with Crippen LogP contribution in [0.25, 0.3) is 11.4 Å². The topological polar surface area (TPSA) is 71.0 Å². The first-order valence-electron chi connectivity index (χ1n) is 9.69. The van der Waals surface area contributed by atoms with Crippen LogP contribution in [0.1, 0.15) is 18.4 Å². The molecule has 1 amide bonds. The van der Waals surface area contributed by atoms with Crippen molar-refractivity contribution >= 4 is 17.4 Å². The number of anilines is 2. The van der Waals surface area contributed by atoms with Crippen LogP contribution < -0.4 is 10.2 Å². The van der Waals surface area contributed by atoms with E-state index in [-0.39, 0.29) is 11.9 Å². The number of halogens is 1. The minimum absolute atomic E-state index is 0.0320. The normalized spacial score (nSPS) is 22.3. The number of carbonyl (C=O) groups is 1. The molecule has 1 aliphatic carbocycles. The third-order valence-electron chi connectivity index (χ3n) is 5.84. The van der Waals surface area contributed by atoms with E-state index in [1.807, 2.05) is 43.3 Å². The molecular formula is C22H20FN5O. The van der Waals surface area contributed by atoms with Crippen LogP contribution in [0, 0.1) is 18.7 Å². The van der Waals surface area contributed by atoms with Gasteiger partial charge in [0.15, 0.2) is 11.6 Å². The summed E-state index contributed by atoms with van der Waals surface area (Å²) in [6.07, 6.45) is 6.09. The Bertz CT molecular complexity index is 1050. The average molecular weight is 389 g/mol. The van der Waals surface area contributed by atoms with Crippen LogP contribution in [0.2, 0.25) is 0 Å². The van der Waals surface area contributed by atoms with Crippen molar-refractivity contribution in [3.8, 4) is 11.4 Å². The predicted octanol–water partition coefficient (Wildman–Crippen LogP) is 3.59. The fraction of sp³-hybridized carbons (Fsp3) is 0.273. The van der Waals surface area contributed by atoms with E-state index >= 15 is 0 Å². The fourth-order valence-corrected chi connectivity index (χ4v) is 4.35. The predicted molar refractivity (Wildman–Crippen MR) is 108 cm³/mol. The monoisotopic (exact) mass is 389 g/mol. The van der Waals surface area contributed by atoms with Crippen molar-refractivity contribution in [2.45, 2.75) is 31.8 Å². The molecule has 1 saturated carbocycles. The molecule has 4 heterocycles. The summed E-state index contributed by atoms with van der Waals surface area (Å²) in [5.74, 6) is 1.12. The SMILES string of the molecule is Cc1ccc(NC(=O)[C@H]2C3CC(C3)N2c2ccccn2)cc1-c1ncc(F)cn1. The first-order chi connectivity index (χ1) is 14.1. The van der Waals surface area contributed by atoms with Gasteiger partial charge in [0.2, 0.25) is 5.91 Å². The maximum absolute atomic E-state index is 13.2. The third kappa shape index (κ3) is 3.12. The summed E-state index contributed by atoms with van der Waals surface area (Å²) in [6, 6.07) is 11.6. The van der Waals surface area contributed by atoms with E-state index in [9.17, 15) is 9.18 Å². The van der Waals surface area contributed by atoms with Crippen molar-refractivity contribution in [1.82, 2.24) is 15.0 Å². The number of hydrogen-bond donors (Lipinski definition) is 1. The van der Waals surface area contributed by atoms with Gasteiger partial charge >= 0.3 is 0 Å². The molecule has 0 radical (unpaired) electrons. The van der Waals surface area contributed by atoms with Gasteiger partial charge in [-0.2, -0.15) is 0 Å². The zero-order chi connectivity index (χ0) is 20.0. The van der Waals surface area contributed by atoms with E-state index in [0.29, 0.717) is 23.5 Å². The first kappa shape index (κ1) is 17.7. The Morgan fingerprint density at radius 3 is 2.66 bits per heavy atom. The van der Waals surface area contributed by atoms with Crippen molar-refractivity contribution in [2.24, 2.45) is 5.92 Å². The average Bonchev–Trinajstić information content (AvgIpc) is 3.27. The summed E-state index contributed by atoms with van der Waals surface area (Å²) >= 11 is 0. The zero-order valence-electron chi connectivity index (χ0n) is 15.9. The summed E-state index contributed by atoms with van der Waals surface area (Å²) in [7, 11) is 0. The van der Waals surface area contributed by atoms with Crippen molar-refractivity contribution in [1.29, 1.82) is 0 Å². The van der Waals surface area contributed by atoms with Gasteiger partial charge in [0, 0.05) is 23.5 Å². The summed E-state index contributed by atoms with van der Waals surface area (Å²) in [5, 5.41) is 3.05. The van der Waals surface area contributed by atoms with Crippen LogP contribution >= 0.6 is 0 Å². The molecule has 6 nitrogen and oxygen atoms in total. The molecule has 3 aromatic rings. The molecule has 0 spiro atoms. The van der Waals surface area contributed by atoms with Gasteiger partial charge in [-0.3, -0.25) is 4.79 Å². The molecule has 2 aromatic heterocycles. The van der Waals surface area contributed by atoms with Crippen molar-refractivity contribution < 1.29 is 9.18 Å². The number of amides is 1. The van der Waals surface area contributed by atoms with Crippen molar-refractivity contribution in [2.75, 3.05) is 10.2 Å². The lowest BCUT2D eigenvalue weighted by molar-refractivity contribution is -0.117. The van der Waals surface area contributed by atoms with E-state index in [4.69, 9.17) is 0 Å². The Hall–Kier alpha value is -3.35. The van der Waals surface area contributed by atoms with Crippen LogP contribution in [0.4, 0.5) is 15.9 Å². The van der Waals surface area contributed by atoms with Crippen molar-refractivity contribution in [3.63, 3.8) is 0 Å². The van der Waals surface area contributed by atoms with Gasteiger partial charge in [0.25, 0.3) is 0 Å². The molecule has 1 aromatic carbocycles. The van der Waals surface area contributed by atoms with Crippen LogP contribution in [0.3, 0.4) is 0 Å². The van der Waals surface area contributed by atoms with Crippen LogP contribution in [-0.4, -0.2) is 32.9 Å². The maximum atomic E-state index is 13.2. The van der Waals surface area contributed by atoms with Gasteiger partial charge in [-0.05, 0) is 55.5 Å². The Balaban J connectivity index is 1.40. The van der Waals surface area contributed by atoms with Gasteiger partial charge in [-0.25, -0.2) is 19.3 Å². The molecule has 29 heavy (non-hydrogen) atoms. The maximum Gasteiger partial charge on any atom is 0.247 e. The van der Waals surface area contributed by atoms with Gasteiger partial charge in [-0.15, -0.1) is 0 Å². The Kier molecular flexibility index (Phi) is 4.23. The fourth-order valence-electron chi connectivity index (χ4n) is 4.35. The minimum Gasteiger partial charge on any atom is -0.341 e. The lowest BCUT2D eigenvalue weighted by Gasteiger charge is -2.27. The molecule has 3 fully saturated rings. The van der Waals surface area contributed by atoms with E-state index in [1.54, 1.807) is 6.20 Å². The highest BCUT2D eigenvalue weighted by molar-refractivity contribution is 5.98. The molecule has 2 saturated heterocycles. The molecule has 0 unspecified atom stereocenters. The van der Waals surface area contributed by atoms with E-state index in [0.717, 1.165) is 42.2 Å². The number of carbonyl (C=O) groups excluding carboxylic acids is 1. The Morgan fingerprint density at radius 2 is 1.93 bits per heavy atom. The number of aryl methyl sites for hydroxylation is 1. The number of aromatic nitrogens is 3. The molecule has 1 N–H and O–H groups in total. The summed E-state index contributed by atoms with van der Waals surface area (Å²) < 4.78 is 13.2. The Labute approximate surface area is 167 Å². The van der Waals surface area contributed by atoms with E-state index in [1.165, 1.54) is 0 Å². The second-order valence-electron chi connectivity index (χ2n) is 7.67. The Morgan fingerprint density at radius 1 is 1.14 bits per heavy atom. The third-order valence-corrected chi connectivity index (χ3v) is 5.84. The molecular weight excluding hydrogens is 369 g/mol. The summed E-state index contributed by atoms with van der Waals surface area (Å²) in [6.45, 7) is 1.93. The molecule has 2 aliphatic heterocycles. The number of fused-ring (bicyclic) bond motifs is 1. The molecule has 6 rings (SSSR count). The first-order valence-corrected chi connectivity index (χ1v) is 9.69. The molecule has 3 aliphatic rings. The second kappa shape index (κ2) is 6.92.